The third-order valence-electron chi connectivity index (χ3n) is 17.0. The SMILES string of the molecule is c1ccc(-n2c3ccccc3c3cc(-c4ccc5c(c4)c4ccccc4n5-c4ccc(-c5cc(-c6cncc(-c7cccc(-n8c9ccccc9c9ccccc98)c7)c6)cc(-n6c7ccccc7c7ccccc76)c5)cc4)ccc32)cc1. The van der Waals surface area contributed by atoms with Gasteiger partial charge in [0, 0.05) is 89.4 Å². The molecular formula is C77H49N5. The summed E-state index contributed by atoms with van der Waals surface area (Å²) in [5.41, 5.74) is 22.9. The first kappa shape index (κ1) is 46.0. The number of benzene rings is 12. The van der Waals surface area contributed by atoms with Gasteiger partial charge in [-0.25, -0.2) is 0 Å². The van der Waals surface area contributed by atoms with Crippen LogP contribution in [0.4, 0.5) is 0 Å². The van der Waals surface area contributed by atoms with Crippen LogP contribution in [0.1, 0.15) is 0 Å². The Balaban J connectivity index is 0.775. The summed E-state index contributed by atoms with van der Waals surface area (Å²) < 4.78 is 9.60. The smallest absolute Gasteiger partial charge is 0.0541 e. The molecule has 0 bridgehead atoms. The van der Waals surface area contributed by atoms with Gasteiger partial charge in [-0.2, -0.15) is 0 Å². The summed E-state index contributed by atoms with van der Waals surface area (Å²) in [5, 5.41) is 9.90. The van der Waals surface area contributed by atoms with Crippen molar-refractivity contribution in [1.82, 2.24) is 23.3 Å². The van der Waals surface area contributed by atoms with E-state index in [0.29, 0.717) is 0 Å². The molecule has 5 heterocycles. The Labute approximate surface area is 472 Å². The van der Waals surface area contributed by atoms with Crippen LogP contribution in [0, 0.1) is 0 Å². The van der Waals surface area contributed by atoms with E-state index in [4.69, 9.17) is 4.98 Å². The zero-order chi connectivity index (χ0) is 53.8. The minimum absolute atomic E-state index is 1.05. The van der Waals surface area contributed by atoms with Crippen molar-refractivity contribution in [3.8, 4) is 67.3 Å². The maximum atomic E-state index is 4.95. The molecule has 17 aromatic rings. The maximum absolute atomic E-state index is 4.95. The summed E-state index contributed by atoms with van der Waals surface area (Å²) in [5.74, 6) is 0. The lowest BCUT2D eigenvalue weighted by molar-refractivity contribution is 1.18. The topological polar surface area (TPSA) is 32.6 Å². The highest BCUT2D eigenvalue weighted by Crippen LogP contribution is 2.41. The number of aromatic nitrogens is 5. The third-order valence-corrected chi connectivity index (χ3v) is 17.0. The van der Waals surface area contributed by atoms with Gasteiger partial charge >= 0.3 is 0 Å². The first-order chi connectivity index (χ1) is 40.7. The van der Waals surface area contributed by atoms with Crippen LogP contribution in [0.2, 0.25) is 0 Å². The molecule has 0 aliphatic heterocycles. The fourth-order valence-corrected chi connectivity index (χ4v) is 13.3. The molecule has 0 amide bonds. The van der Waals surface area contributed by atoms with Crippen molar-refractivity contribution in [3.63, 3.8) is 0 Å². The molecule has 0 radical (unpaired) electrons. The lowest BCUT2D eigenvalue weighted by Crippen LogP contribution is -1.97. The molecular weight excluding hydrogens is 995 g/mol. The molecule has 0 aliphatic carbocycles. The lowest BCUT2D eigenvalue weighted by atomic mass is 9.96. The molecule has 5 heteroatoms. The van der Waals surface area contributed by atoms with Crippen LogP contribution in [0.25, 0.3) is 154 Å². The number of rotatable bonds is 8. The van der Waals surface area contributed by atoms with E-state index in [2.05, 4.69) is 303 Å². The molecule has 5 aromatic heterocycles. The van der Waals surface area contributed by atoms with E-state index >= 15 is 0 Å². The fraction of sp³-hybridized carbons (Fsp3) is 0. The Morgan fingerprint density at radius 2 is 0.488 bits per heavy atom. The van der Waals surface area contributed by atoms with Crippen molar-refractivity contribution in [3.05, 3.63) is 298 Å². The summed E-state index contributed by atoms with van der Waals surface area (Å²) in [6, 6.07) is 104. The normalized spacial score (nSPS) is 11.9. The molecule has 82 heavy (non-hydrogen) atoms. The quantitative estimate of drug-likeness (QED) is 0.149. The largest absolute Gasteiger partial charge is 0.309 e. The van der Waals surface area contributed by atoms with Crippen LogP contribution < -0.4 is 0 Å². The van der Waals surface area contributed by atoms with Gasteiger partial charge in [0.25, 0.3) is 0 Å². The predicted octanol–water partition coefficient (Wildman–Crippen LogP) is 20.1. The molecule has 382 valence electrons. The predicted molar refractivity (Wildman–Crippen MR) is 343 cm³/mol. The van der Waals surface area contributed by atoms with Crippen molar-refractivity contribution in [2.75, 3.05) is 0 Å². The molecule has 12 aromatic carbocycles. The molecule has 0 aliphatic rings. The highest BCUT2D eigenvalue weighted by atomic mass is 15.0. The van der Waals surface area contributed by atoms with E-state index in [0.717, 1.165) is 56.1 Å². The molecule has 0 spiro atoms. The first-order valence-electron chi connectivity index (χ1n) is 28.1. The van der Waals surface area contributed by atoms with Gasteiger partial charge in [0.2, 0.25) is 0 Å². The van der Waals surface area contributed by atoms with Crippen molar-refractivity contribution < 1.29 is 0 Å². The second kappa shape index (κ2) is 18.3. The van der Waals surface area contributed by atoms with E-state index in [1.54, 1.807) is 0 Å². The van der Waals surface area contributed by atoms with Gasteiger partial charge < -0.3 is 18.3 Å². The van der Waals surface area contributed by atoms with Gasteiger partial charge in [0.05, 0.1) is 44.1 Å². The van der Waals surface area contributed by atoms with Crippen LogP contribution in [-0.2, 0) is 0 Å². The average Bonchev–Trinajstić information content (AvgIpc) is 3.70. The van der Waals surface area contributed by atoms with Gasteiger partial charge in [0.1, 0.15) is 0 Å². The average molecular weight is 1040 g/mol. The summed E-state index contributed by atoms with van der Waals surface area (Å²) in [6.07, 6.45) is 4.00. The van der Waals surface area contributed by atoms with E-state index < -0.39 is 0 Å². The summed E-state index contributed by atoms with van der Waals surface area (Å²) in [6.45, 7) is 0. The van der Waals surface area contributed by atoms with Crippen LogP contribution in [0.15, 0.2) is 298 Å². The van der Waals surface area contributed by atoms with Gasteiger partial charge in [-0.3, -0.25) is 4.98 Å². The molecule has 0 saturated heterocycles. The summed E-state index contributed by atoms with van der Waals surface area (Å²) >= 11 is 0. The van der Waals surface area contributed by atoms with Crippen molar-refractivity contribution >= 4 is 87.2 Å². The number of hydrogen-bond donors (Lipinski definition) is 0. The summed E-state index contributed by atoms with van der Waals surface area (Å²) in [4.78, 5) is 4.95. The van der Waals surface area contributed by atoms with E-state index in [9.17, 15) is 0 Å². The Hall–Kier alpha value is -11.0. The molecule has 0 fully saturated rings. The Morgan fingerprint density at radius 3 is 0.976 bits per heavy atom. The van der Waals surface area contributed by atoms with Gasteiger partial charge in [-0.15, -0.1) is 0 Å². The van der Waals surface area contributed by atoms with Crippen LogP contribution in [0.3, 0.4) is 0 Å². The Kier molecular flexibility index (Phi) is 10.2. The zero-order valence-electron chi connectivity index (χ0n) is 44.5. The Morgan fingerprint density at radius 1 is 0.171 bits per heavy atom. The standard InChI is InChI=1S/C77H49N5/c1-2-18-58(19-3-1)79-74-31-14-8-25-66(74)68-46-52(35-39-76(68)79)53-36-40-77-69(47-53)67-26-9-15-32-75(67)80(77)59-37-33-50(34-38-59)54-41-55(45-61(44-54)82-72-29-12-6-23-64(72)65-24-7-13-30-73(65)82)57-42-56(48-78-49-57)51-17-16-20-60(43-51)81-70-27-10-4-21-62(70)63-22-5-11-28-71(63)81/h1-49H. The molecule has 0 atom stereocenters. The second-order valence-corrected chi connectivity index (χ2v) is 21.6. The number of nitrogens with zero attached hydrogens (tertiary/aromatic N) is 5. The highest BCUT2D eigenvalue weighted by molar-refractivity contribution is 6.14. The lowest BCUT2D eigenvalue weighted by Gasteiger charge is -2.15. The summed E-state index contributed by atoms with van der Waals surface area (Å²) in [7, 11) is 0. The first-order valence-corrected chi connectivity index (χ1v) is 28.1. The zero-order valence-corrected chi connectivity index (χ0v) is 44.5. The molecule has 5 nitrogen and oxygen atoms in total. The van der Waals surface area contributed by atoms with Crippen molar-refractivity contribution in [1.29, 1.82) is 0 Å². The van der Waals surface area contributed by atoms with E-state index in [1.165, 1.54) is 98.4 Å². The van der Waals surface area contributed by atoms with Crippen LogP contribution in [-0.4, -0.2) is 23.3 Å². The van der Waals surface area contributed by atoms with E-state index in [-0.39, 0.29) is 0 Å². The molecule has 0 N–H and O–H groups in total. The molecule has 0 saturated carbocycles. The monoisotopic (exact) mass is 1040 g/mol. The van der Waals surface area contributed by atoms with Gasteiger partial charge in [0.15, 0.2) is 0 Å². The van der Waals surface area contributed by atoms with Gasteiger partial charge in [-0.1, -0.05) is 164 Å². The minimum Gasteiger partial charge on any atom is -0.309 e. The van der Waals surface area contributed by atoms with E-state index in [1.807, 2.05) is 12.4 Å². The number of pyridine rings is 1. The second-order valence-electron chi connectivity index (χ2n) is 21.6. The maximum Gasteiger partial charge on any atom is 0.0541 e. The fourth-order valence-electron chi connectivity index (χ4n) is 13.3. The number of hydrogen-bond acceptors (Lipinski definition) is 1. The van der Waals surface area contributed by atoms with Crippen LogP contribution in [0.5, 0.6) is 0 Å². The molecule has 17 rings (SSSR count). The number of fused-ring (bicyclic) bond motifs is 12. The van der Waals surface area contributed by atoms with Gasteiger partial charge in [-0.05, 0) is 155 Å². The van der Waals surface area contributed by atoms with Crippen molar-refractivity contribution in [2.24, 2.45) is 0 Å². The van der Waals surface area contributed by atoms with Crippen molar-refractivity contribution in [2.45, 2.75) is 0 Å². The number of para-hydroxylation sites is 7. The minimum atomic E-state index is 1.05. The van der Waals surface area contributed by atoms with Crippen LogP contribution >= 0.6 is 0 Å². The molecule has 0 unspecified atom stereocenters. The third kappa shape index (κ3) is 7.16. The Bertz CT molecular complexity index is 5290. The highest BCUT2D eigenvalue weighted by Gasteiger charge is 2.19.